The maximum absolute atomic E-state index is 3.43. The molecule has 0 aromatic heterocycles. The van der Waals surface area contributed by atoms with Gasteiger partial charge < -0.3 is 10.2 Å². The molecule has 0 bridgehead atoms. The molecule has 0 radical (unpaired) electrons. The van der Waals surface area contributed by atoms with E-state index in [9.17, 15) is 0 Å². The van der Waals surface area contributed by atoms with Crippen LogP contribution < -0.4 is 5.32 Å². The Morgan fingerprint density at radius 3 is 2.56 bits per heavy atom. The van der Waals surface area contributed by atoms with Crippen LogP contribution in [0.5, 0.6) is 0 Å². The summed E-state index contributed by atoms with van der Waals surface area (Å²) in [6.07, 6.45) is 1.33. The van der Waals surface area contributed by atoms with E-state index < -0.39 is 0 Å². The van der Waals surface area contributed by atoms with Crippen LogP contribution in [-0.2, 0) is 6.54 Å². The van der Waals surface area contributed by atoms with Crippen LogP contribution in [0.1, 0.15) is 37.3 Å². The first-order valence-electron chi connectivity index (χ1n) is 7.13. The molecular weight excluding hydrogens is 220 g/mol. The van der Waals surface area contributed by atoms with E-state index in [4.69, 9.17) is 0 Å². The summed E-state index contributed by atoms with van der Waals surface area (Å²) in [6.45, 7) is 9.15. The number of nitrogens with zero attached hydrogens (tertiary/aromatic N) is 1. The molecule has 1 aliphatic heterocycles. The molecule has 1 aromatic rings. The van der Waals surface area contributed by atoms with E-state index in [1.165, 1.54) is 37.2 Å². The molecule has 2 rings (SSSR count). The lowest BCUT2D eigenvalue weighted by atomic mass is 10.0. The lowest BCUT2D eigenvalue weighted by molar-refractivity contribution is 0.278. The van der Waals surface area contributed by atoms with Crippen molar-refractivity contribution in [1.29, 1.82) is 0 Å². The molecule has 0 amide bonds. The maximum Gasteiger partial charge on any atom is 0.0230 e. The van der Waals surface area contributed by atoms with E-state index in [1.54, 1.807) is 0 Å². The molecular formula is C16H26N2. The largest absolute Gasteiger partial charge is 0.316 e. The van der Waals surface area contributed by atoms with Gasteiger partial charge in [-0.3, -0.25) is 0 Å². The smallest absolute Gasteiger partial charge is 0.0230 e. The monoisotopic (exact) mass is 246 g/mol. The highest BCUT2D eigenvalue weighted by Crippen LogP contribution is 2.16. The Bertz CT molecular complexity index is 350. The van der Waals surface area contributed by atoms with Gasteiger partial charge in [0.25, 0.3) is 0 Å². The van der Waals surface area contributed by atoms with Gasteiger partial charge >= 0.3 is 0 Å². The molecule has 1 N–H and O–H groups in total. The van der Waals surface area contributed by atoms with E-state index in [2.05, 4.69) is 55.4 Å². The molecule has 1 heterocycles. The van der Waals surface area contributed by atoms with Crippen LogP contribution in [0, 0.1) is 5.92 Å². The quantitative estimate of drug-likeness (QED) is 0.859. The summed E-state index contributed by atoms with van der Waals surface area (Å²) in [5.41, 5.74) is 2.86. The van der Waals surface area contributed by atoms with Crippen molar-refractivity contribution in [3.63, 3.8) is 0 Å². The van der Waals surface area contributed by atoms with Crippen molar-refractivity contribution in [2.45, 2.75) is 32.7 Å². The lowest BCUT2D eigenvalue weighted by Gasteiger charge is -2.20. The second-order valence-corrected chi connectivity index (χ2v) is 5.95. The summed E-state index contributed by atoms with van der Waals surface area (Å²) < 4.78 is 0. The van der Waals surface area contributed by atoms with Crippen molar-refractivity contribution in [2.75, 3.05) is 26.7 Å². The zero-order valence-corrected chi connectivity index (χ0v) is 11.9. The molecule has 0 aliphatic carbocycles. The molecule has 1 unspecified atom stereocenters. The molecule has 18 heavy (non-hydrogen) atoms. The second kappa shape index (κ2) is 6.35. The fraction of sp³-hybridized carbons (Fsp3) is 0.625. The van der Waals surface area contributed by atoms with E-state index in [0.717, 1.165) is 12.5 Å². The molecule has 1 fully saturated rings. The van der Waals surface area contributed by atoms with Crippen LogP contribution >= 0.6 is 0 Å². The van der Waals surface area contributed by atoms with Crippen LogP contribution in [-0.4, -0.2) is 31.6 Å². The van der Waals surface area contributed by atoms with Gasteiger partial charge in [-0.25, -0.2) is 0 Å². The third-order valence-corrected chi connectivity index (χ3v) is 3.83. The molecule has 1 saturated heterocycles. The van der Waals surface area contributed by atoms with Crippen molar-refractivity contribution in [3.8, 4) is 0 Å². The Morgan fingerprint density at radius 1 is 1.28 bits per heavy atom. The summed E-state index contributed by atoms with van der Waals surface area (Å²) in [4.78, 5) is 2.45. The average Bonchev–Trinajstić information content (AvgIpc) is 2.82. The second-order valence-electron chi connectivity index (χ2n) is 5.95. The molecule has 2 nitrogen and oxygen atoms in total. The summed E-state index contributed by atoms with van der Waals surface area (Å²) in [5, 5.41) is 3.43. The van der Waals surface area contributed by atoms with Gasteiger partial charge in [0.05, 0.1) is 0 Å². The standard InChI is InChI=1S/C16H26N2/c1-13(2)16-6-4-14(5-7-16)11-18(3)12-15-8-9-17-10-15/h4-7,13,15,17H,8-12H2,1-3H3. The van der Waals surface area contributed by atoms with Gasteiger partial charge in [0, 0.05) is 13.1 Å². The zero-order valence-electron chi connectivity index (χ0n) is 11.9. The normalized spacial score (nSPS) is 19.9. The third-order valence-electron chi connectivity index (χ3n) is 3.83. The van der Waals surface area contributed by atoms with Gasteiger partial charge in [-0.2, -0.15) is 0 Å². The third kappa shape index (κ3) is 3.82. The molecule has 1 aromatic carbocycles. The van der Waals surface area contributed by atoms with E-state index in [1.807, 2.05) is 0 Å². The van der Waals surface area contributed by atoms with Gasteiger partial charge in [-0.15, -0.1) is 0 Å². The molecule has 2 heteroatoms. The minimum absolute atomic E-state index is 0.626. The van der Waals surface area contributed by atoms with E-state index in [-0.39, 0.29) is 0 Å². The highest BCUT2D eigenvalue weighted by molar-refractivity contribution is 5.24. The van der Waals surface area contributed by atoms with E-state index >= 15 is 0 Å². The van der Waals surface area contributed by atoms with E-state index in [0.29, 0.717) is 5.92 Å². The first kappa shape index (κ1) is 13.6. The number of hydrogen-bond acceptors (Lipinski definition) is 2. The van der Waals surface area contributed by atoms with Crippen molar-refractivity contribution in [1.82, 2.24) is 10.2 Å². The number of benzene rings is 1. The number of rotatable bonds is 5. The predicted molar refractivity (Wildman–Crippen MR) is 77.8 cm³/mol. The van der Waals surface area contributed by atoms with Crippen molar-refractivity contribution in [3.05, 3.63) is 35.4 Å². The topological polar surface area (TPSA) is 15.3 Å². The van der Waals surface area contributed by atoms with Crippen LogP contribution in [0.2, 0.25) is 0 Å². The van der Waals surface area contributed by atoms with Gasteiger partial charge in [-0.1, -0.05) is 38.1 Å². The molecule has 100 valence electrons. The highest BCUT2D eigenvalue weighted by Gasteiger charge is 2.16. The minimum Gasteiger partial charge on any atom is -0.316 e. The van der Waals surface area contributed by atoms with Gasteiger partial charge in [0.2, 0.25) is 0 Å². The Morgan fingerprint density at radius 2 is 2.00 bits per heavy atom. The van der Waals surface area contributed by atoms with Crippen LogP contribution in [0.15, 0.2) is 24.3 Å². The van der Waals surface area contributed by atoms with Gasteiger partial charge in [-0.05, 0) is 49.5 Å². The fourth-order valence-electron chi connectivity index (χ4n) is 2.70. The van der Waals surface area contributed by atoms with Crippen LogP contribution in [0.3, 0.4) is 0 Å². The molecule has 1 atom stereocenters. The Labute approximate surface area is 111 Å². The molecule has 0 saturated carbocycles. The Balaban J connectivity index is 1.84. The fourth-order valence-corrected chi connectivity index (χ4v) is 2.70. The zero-order chi connectivity index (χ0) is 13.0. The summed E-state index contributed by atoms with van der Waals surface area (Å²) in [7, 11) is 2.23. The first-order valence-corrected chi connectivity index (χ1v) is 7.13. The summed E-state index contributed by atoms with van der Waals surface area (Å²) in [5.74, 6) is 1.46. The first-order chi connectivity index (χ1) is 8.65. The summed E-state index contributed by atoms with van der Waals surface area (Å²) >= 11 is 0. The van der Waals surface area contributed by atoms with Crippen LogP contribution in [0.4, 0.5) is 0 Å². The highest BCUT2D eigenvalue weighted by atomic mass is 15.1. The average molecular weight is 246 g/mol. The van der Waals surface area contributed by atoms with Crippen molar-refractivity contribution >= 4 is 0 Å². The maximum atomic E-state index is 3.43. The minimum atomic E-state index is 0.626. The number of hydrogen-bond donors (Lipinski definition) is 1. The Kier molecular flexibility index (Phi) is 4.79. The predicted octanol–water partition coefficient (Wildman–Crippen LogP) is 2.85. The van der Waals surface area contributed by atoms with Gasteiger partial charge in [0.15, 0.2) is 0 Å². The summed E-state index contributed by atoms with van der Waals surface area (Å²) in [6, 6.07) is 9.09. The SMILES string of the molecule is CC(C)c1ccc(CN(C)CC2CCNC2)cc1. The van der Waals surface area contributed by atoms with Crippen LogP contribution in [0.25, 0.3) is 0 Å². The number of nitrogens with one attached hydrogen (secondary N) is 1. The molecule has 0 spiro atoms. The lowest BCUT2D eigenvalue weighted by Crippen LogP contribution is -2.26. The van der Waals surface area contributed by atoms with Crippen molar-refractivity contribution in [2.24, 2.45) is 5.92 Å². The van der Waals surface area contributed by atoms with Gasteiger partial charge in [0.1, 0.15) is 0 Å². The molecule has 1 aliphatic rings. The van der Waals surface area contributed by atoms with Crippen molar-refractivity contribution < 1.29 is 0 Å². The Hall–Kier alpha value is -0.860.